The number of aryl methyl sites for hydroxylation is 1. The molecule has 0 radical (unpaired) electrons. The van der Waals surface area contributed by atoms with Gasteiger partial charge in [-0.15, -0.1) is 0 Å². The van der Waals surface area contributed by atoms with Crippen molar-refractivity contribution < 1.29 is 9.53 Å². The Kier molecular flexibility index (Phi) is 6.04. The summed E-state index contributed by atoms with van der Waals surface area (Å²) in [4.78, 5) is 12.6. The molecule has 124 valence electrons. The summed E-state index contributed by atoms with van der Waals surface area (Å²) >= 11 is 0. The minimum atomic E-state index is -0.458. The van der Waals surface area contributed by atoms with Gasteiger partial charge < -0.3 is 10.1 Å². The molecule has 0 fully saturated rings. The molecule has 1 aromatic carbocycles. The van der Waals surface area contributed by atoms with E-state index >= 15 is 0 Å². The van der Waals surface area contributed by atoms with Gasteiger partial charge in [-0.1, -0.05) is 45.9 Å². The molecule has 1 atom stereocenters. The van der Waals surface area contributed by atoms with E-state index in [9.17, 15) is 4.79 Å². The van der Waals surface area contributed by atoms with Gasteiger partial charge in [0.05, 0.1) is 0 Å². The van der Waals surface area contributed by atoms with E-state index in [4.69, 9.17) is 4.74 Å². The van der Waals surface area contributed by atoms with Gasteiger partial charge >= 0.3 is 0 Å². The van der Waals surface area contributed by atoms with Crippen LogP contribution in [0.15, 0.2) is 24.3 Å². The molecule has 3 heteroatoms. The molecule has 0 heterocycles. The first-order chi connectivity index (χ1) is 10.0. The normalized spacial score (nSPS) is 13.6. The van der Waals surface area contributed by atoms with Crippen LogP contribution in [0, 0.1) is 12.3 Å². The second-order valence-corrected chi connectivity index (χ2v) is 7.89. The summed E-state index contributed by atoms with van der Waals surface area (Å²) in [6.07, 6.45) is 1.10. The second-order valence-electron chi connectivity index (χ2n) is 7.89. The number of carbonyl (C=O) groups is 1. The van der Waals surface area contributed by atoms with Gasteiger partial charge in [-0.2, -0.15) is 0 Å². The van der Waals surface area contributed by atoms with E-state index in [0.29, 0.717) is 6.42 Å². The van der Waals surface area contributed by atoms with Crippen LogP contribution in [0.3, 0.4) is 0 Å². The summed E-state index contributed by atoms with van der Waals surface area (Å²) in [5.74, 6) is 0.734. The van der Waals surface area contributed by atoms with Crippen LogP contribution in [0.1, 0.15) is 59.9 Å². The lowest BCUT2D eigenvalue weighted by Crippen LogP contribution is -2.50. The summed E-state index contributed by atoms with van der Waals surface area (Å²) in [6.45, 7) is 14.6. The van der Waals surface area contributed by atoms with Crippen LogP contribution in [0.2, 0.25) is 0 Å². The number of nitrogens with one attached hydrogen (secondary N) is 1. The third kappa shape index (κ3) is 6.08. The Morgan fingerprint density at radius 3 is 2.27 bits per heavy atom. The zero-order valence-electron chi connectivity index (χ0n) is 15.1. The molecule has 0 saturated heterocycles. The van der Waals surface area contributed by atoms with E-state index in [1.54, 1.807) is 0 Å². The fourth-order valence-corrected chi connectivity index (χ4v) is 2.95. The van der Waals surface area contributed by atoms with Crippen molar-refractivity contribution in [3.05, 3.63) is 29.8 Å². The Morgan fingerprint density at radius 1 is 1.18 bits per heavy atom. The number of para-hydroxylation sites is 1. The first-order valence-electron chi connectivity index (χ1n) is 8.08. The summed E-state index contributed by atoms with van der Waals surface area (Å²) in [5, 5.41) is 3.14. The molecule has 1 N–H and O–H groups in total. The lowest BCUT2D eigenvalue weighted by molar-refractivity contribution is -0.130. The fraction of sp³-hybridized carbons (Fsp3) is 0.632. The lowest BCUT2D eigenvalue weighted by Gasteiger charge is -2.34. The van der Waals surface area contributed by atoms with Gasteiger partial charge in [0.25, 0.3) is 5.91 Å². The van der Waals surface area contributed by atoms with E-state index in [-0.39, 0.29) is 16.9 Å². The van der Waals surface area contributed by atoms with Gasteiger partial charge in [0.15, 0.2) is 6.10 Å². The molecule has 0 aromatic heterocycles. The number of rotatable bonds is 6. The molecule has 0 aliphatic carbocycles. The molecule has 22 heavy (non-hydrogen) atoms. The van der Waals surface area contributed by atoms with E-state index in [1.807, 2.05) is 38.1 Å². The summed E-state index contributed by atoms with van der Waals surface area (Å²) in [5.41, 5.74) is 0.954. The van der Waals surface area contributed by atoms with Crippen LogP contribution in [0.5, 0.6) is 5.75 Å². The van der Waals surface area contributed by atoms with Crippen molar-refractivity contribution in [1.82, 2.24) is 5.32 Å². The number of benzene rings is 1. The van der Waals surface area contributed by atoms with Crippen molar-refractivity contribution in [1.29, 1.82) is 0 Å². The highest BCUT2D eigenvalue weighted by molar-refractivity contribution is 5.81. The molecule has 1 aromatic rings. The first kappa shape index (κ1) is 18.5. The zero-order chi connectivity index (χ0) is 17.0. The van der Waals surface area contributed by atoms with Crippen molar-refractivity contribution in [2.24, 2.45) is 5.41 Å². The lowest BCUT2D eigenvalue weighted by atomic mass is 9.81. The Morgan fingerprint density at radius 2 is 1.77 bits per heavy atom. The molecule has 1 amide bonds. The van der Waals surface area contributed by atoms with Crippen LogP contribution >= 0.6 is 0 Å². The molecule has 3 nitrogen and oxygen atoms in total. The minimum Gasteiger partial charge on any atom is -0.480 e. The number of carbonyl (C=O) groups excluding carboxylic acids is 1. The smallest absolute Gasteiger partial charge is 0.261 e. The van der Waals surface area contributed by atoms with Crippen LogP contribution in [0.25, 0.3) is 0 Å². The Hall–Kier alpha value is -1.51. The highest BCUT2D eigenvalue weighted by Crippen LogP contribution is 2.27. The predicted molar refractivity (Wildman–Crippen MR) is 92.2 cm³/mol. The number of amides is 1. The molecule has 0 aliphatic rings. The van der Waals surface area contributed by atoms with Gasteiger partial charge in [-0.05, 0) is 50.7 Å². The van der Waals surface area contributed by atoms with Crippen molar-refractivity contribution in [3.8, 4) is 5.75 Å². The first-order valence-corrected chi connectivity index (χ1v) is 8.08. The molecule has 0 saturated carbocycles. The van der Waals surface area contributed by atoms with Crippen molar-refractivity contribution in [2.75, 3.05) is 0 Å². The minimum absolute atomic E-state index is 0.0417. The van der Waals surface area contributed by atoms with E-state index in [0.717, 1.165) is 17.7 Å². The largest absolute Gasteiger partial charge is 0.480 e. The van der Waals surface area contributed by atoms with Gasteiger partial charge in [-0.25, -0.2) is 0 Å². The molecule has 0 aliphatic heterocycles. The number of hydrogen-bond donors (Lipinski definition) is 1. The van der Waals surface area contributed by atoms with Crippen LogP contribution in [-0.2, 0) is 4.79 Å². The van der Waals surface area contributed by atoms with E-state index in [1.165, 1.54) is 0 Å². The van der Waals surface area contributed by atoms with Gasteiger partial charge in [0.1, 0.15) is 5.75 Å². The van der Waals surface area contributed by atoms with Gasteiger partial charge in [0, 0.05) is 5.54 Å². The molecule has 1 rings (SSSR count). The zero-order valence-corrected chi connectivity index (χ0v) is 15.1. The maximum Gasteiger partial charge on any atom is 0.261 e. The maximum absolute atomic E-state index is 12.6. The quantitative estimate of drug-likeness (QED) is 0.841. The average molecular weight is 305 g/mol. The average Bonchev–Trinajstić information content (AvgIpc) is 2.33. The number of hydrogen-bond acceptors (Lipinski definition) is 2. The molecule has 0 spiro atoms. The number of ether oxygens (including phenoxy) is 1. The van der Waals surface area contributed by atoms with Crippen molar-refractivity contribution in [2.45, 2.75) is 73.0 Å². The summed E-state index contributed by atoms with van der Waals surface area (Å²) in [6, 6.07) is 7.79. The van der Waals surface area contributed by atoms with Crippen molar-refractivity contribution >= 4 is 5.91 Å². The molecular weight excluding hydrogens is 274 g/mol. The Balaban J connectivity index is 2.75. The Bertz CT molecular complexity index is 500. The maximum atomic E-state index is 12.6. The predicted octanol–water partition coefficient (Wildman–Crippen LogP) is 4.48. The second kappa shape index (κ2) is 7.17. The third-order valence-electron chi connectivity index (χ3n) is 3.46. The van der Waals surface area contributed by atoms with Crippen molar-refractivity contribution in [3.63, 3.8) is 0 Å². The van der Waals surface area contributed by atoms with E-state index in [2.05, 4.69) is 39.9 Å². The fourth-order valence-electron chi connectivity index (χ4n) is 2.95. The highest BCUT2D eigenvalue weighted by Gasteiger charge is 2.30. The van der Waals surface area contributed by atoms with Crippen LogP contribution in [-0.4, -0.2) is 17.6 Å². The molecule has 0 bridgehead atoms. The monoisotopic (exact) mass is 305 g/mol. The van der Waals surface area contributed by atoms with E-state index < -0.39 is 6.10 Å². The highest BCUT2D eigenvalue weighted by atomic mass is 16.5. The molecule has 0 unspecified atom stereocenters. The van der Waals surface area contributed by atoms with Crippen LogP contribution < -0.4 is 10.1 Å². The summed E-state index contributed by atoms with van der Waals surface area (Å²) < 4.78 is 5.92. The molecular formula is C19H31NO2. The SMILES string of the molecule is CC[C@H](Oc1ccccc1C)C(=O)NC(C)(C)CC(C)(C)C. The third-order valence-corrected chi connectivity index (χ3v) is 3.46. The van der Waals surface area contributed by atoms with Gasteiger partial charge in [0.2, 0.25) is 0 Å². The standard InChI is InChI=1S/C19H31NO2/c1-8-15(22-16-12-10-9-11-14(16)2)17(21)20-19(6,7)13-18(3,4)5/h9-12,15H,8,13H2,1-7H3,(H,20,21)/t15-/m0/s1. The van der Waals surface area contributed by atoms with Crippen LogP contribution in [0.4, 0.5) is 0 Å². The van der Waals surface area contributed by atoms with Gasteiger partial charge in [-0.3, -0.25) is 4.79 Å². The topological polar surface area (TPSA) is 38.3 Å². The Labute approximate surface area is 135 Å². The summed E-state index contributed by atoms with van der Waals surface area (Å²) in [7, 11) is 0.